The fraction of sp³-hybridized carbons (Fsp3) is 0.875. The predicted octanol–water partition coefficient (Wildman–Crippen LogP) is 3.64. The molecule has 11 heavy (non-hydrogen) atoms. The quantitative estimate of drug-likeness (QED) is 0.396. The lowest BCUT2D eigenvalue weighted by molar-refractivity contribution is -0.110. The summed E-state index contributed by atoms with van der Waals surface area (Å²) in [5.74, 6) is 0. The topological polar surface area (TPSA) is 17.1 Å². The Bertz CT molecular complexity index is 104. The average molecular weight is 286 g/mol. The molecule has 0 rings (SSSR count). The summed E-state index contributed by atoms with van der Waals surface area (Å²) in [5, 5.41) is 1.10. The maximum Gasteiger partial charge on any atom is 0.197 e. The van der Waals surface area contributed by atoms with Gasteiger partial charge in [-0.25, -0.2) is 0 Å². The third kappa shape index (κ3) is 10.6. The molecular formula is C8H14Br2O. The number of hydrogen-bond donors (Lipinski definition) is 0. The normalized spacial score (nSPS) is 10.0. The van der Waals surface area contributed by atoms with Crippen molar-refractivity contribution in [3.8, 4) is 0 Å². The number of hydrogen-bond acceptors (Lipinski definition) is 1. The molecule has 0 aliphatic heterocycles. The van der Waals surface area contributed by atoms with Crippen LogP contribution in [0.5, 0.6) is 0 Å². The predicted molar refractivity (Wildman–Crippen MR) is 55.4 cm³/mol. The van der Waals surface area contributed by atoms with Crippen molar-refractivity contribution < 1.29 is 4.79 Å². The van der Waals surface area contributed by atoms with E-state index in [1.54, 1.807) is 0 Å². The van der Waals surface area contributed by atoms with E-state index in [-0.39, 0.29) is 4.69 Å². The summed E-state index contributed by atoms with van der Waals surface area (Å²) in [6.07, 6.45) is 6.70. The molecular weight excluding hydrogens is 272 g/mol. The van der Waals surface area contributed by atoms with Gasteiger partial charge in [-0.2, -0.15) is 0 Å². The number of halogens is 2. The van der Waals surface area contributed by atoms with Crippen LogP contribution in [0.15, 0.2) is 0 Å². The van der Waals surface area contributed by atoms with E-state index in [1.165, 1.54) is 25.7 Å². The molecule has 0 aromatic rings. The van der Waals surface area contributed by atoms with Crippen molar-refractivity contribution in [1.29, 1.82) is 0 Å². The fourth-order valence-corrected chi connectivity index (χ4v) is 1.57. The minimum absolute atomic E-state index is 0.137. The first kappa shape index (κ1) is 11.6. The summed E-state index contributed by atoms with van der Waals surface area (Å²) in [7, 11) is 0. The van der Waals surface area contributed by atoms with Gasteiger partial charge < -0.3 is 0 Å². The molecule has 0 amide bonds. The van der Waals surface area contributed by atoms with Gasteiger partial charge in [0.15, 0.2) is 4.69 Å². The molecule has 0 spiro atoms. The molecule has 0 bridgehead atoms. The van der Waals surface area contributed by atoms with Crippen LogP contribution in [0.1, 0.15) is 38.5 Å². The fourth-order valence-electron chi connectivity index (χ4n) is 0.889. The van der Waals surface area contributed by atoms with E-state index >= 15 is 0 Å². The third-order valence-corrected chi connectivity index (χ3v) is 2.46. The molecule has 0 aromatic carbocycles. The summed E-state index contributed by atoms with van der Waals surface area (Å²) in [6, 6.07) is 0. The highest BCUT2D eigenvalue weighted by Gasteiger charge is 1.94. The van der Waals surface area contributed by atoms with Gasteiger partial charge in [0.25, 0.3) is 0 Å². The van der Waals surface area contributed by atoms with Crippen LogP contribution in [0, 0.1) is 0 Å². The van der Waals surface area contributed by atoms with E-state index in [0.717, 1.165) is 11.8 Å². The Balaban J connectivity index is 2.85. The molecule has 0 atom stereocenters. The lowest BCUT2D eigenvalue weighted by Crippen LogP contribution is -1.85. The summed E-state index contributed by atoms with van der Waals surface area (Å²) >= 11 is 6.29. The van der Waals surface area contributed by atoms with Crippen molar-refractivity contribution in [1.82, 2.24) is 0 Å². The molecule has 0 aliphatic carbocycles. The molecule has 0 N–H and O–H groups in total. The molecule has 0 radical (unpaired) electrons. The Morgan fingerprint density at radius 2 is 1.55 bits per heavy atom. The van der Waals surface area contributed by atoms with Crippen LogP contribution >= 0.6 is 31.9 Å². The van der Waals surface area contributed by atoms with Crippen LogP contribution in [0.3, 0.4) is 0 Å². The highest BCUT2D eigenvalue weighted by atomic mass is 79.9. The Morgan fingerprint density at radius 1 is 1.00 bits per heavy atom. The zero-order valence-corrected chi connectivity index (χ0v) is 9.79. The summed E-state index contributed by atoms with van der Waals surface area (Å²) in [6.45, 7) is 0. The van der Waals surface area contributed by atoms with Gasteiger partial charge in [-0.15, -0.1) is 0 Å². The Morgan fingerprint density at radius 3 is 2.09 bits per heavy atom. The minimum Gasteiger partial charge on any atom is -0.287 e. The first-order valence-electron chi connectivity index (χ1n) is 4.01. The Hall–Kier alpha value is 0.630. The molecule has 0 unspecified atom stereocenters. The monoisotopic (exact) mass is 284 g/mol. The van der Waals surface area contributed by atoms with Gasteiger partial charge in [0.05, 0.1) is 0 Å². The highest BCUT2D eigenvalue weighted by molar-refractivity contribution is 9.18. The van der Waals surface area contributed by atoms with Gasteiger partial charge in [0.2, 0.25) is 0 Å². The van der Waals surface area contributed by atoms with E-state index < -0.39 is 0 Å². The second-order valence-electron chi connectivity index (χ2n) is 2.56. The van der Waals surface area contributed by atoms with Gasteiger partial charge >= 0.3 is 0 Å². The van der Waals surface area contributed by atoms with Gasteiger partial charge in [0.1, 0.15) is 0 Å². The number of unbranched alkanes of at least 4 members (excludes halogenated alkanes) is 4. The van der Waals surface area contributed by atoms with E-state index in [1.807, 2.05) is 0 Å². The lowest BCUT2D eigenvalue weighted by Gasteiger charge is -1.96. The zero-order valence-electron chi connectivity index (χ0n) is 6.61. The molecule has 0 aromatic heterocycles. The summed E-state index contributed by atoms with van der Waals surface area (Å²) in [5.41, 5.74) is 0. The molecule has 0 fully saturated rings. The van der Waals surface area contributed by atoms with Gasteiger partial charge in [-0.3, -0.25) is 4.79 Å². The van der Waals surface area contributed by atoms with Crippen molar-refractivity contribution in [2.45, 2.75) is 38.5 Å². The van der Waals surface area contributed by atoms with Crippen molar-refractivity contribution in [2.24, 2.45) is 0 Å². The molecule has 3 heteroatoms. The minimum atomic E-state index is 0.137. The maximum absolute atomic E-state index is 10.4. The maximum atomic E-state index is 10.4. The van der Waals surface area contributed by atoms with Crippen LogP contribution in [0.25, 0.3) is 0 Å². The van der Waals surface area contributed by atoms with Crippen molar-refractivity contribution >= 4 is 36.6 Å². The lowest BCUT2D eigenvalue weighted by atomic mass is 10.1. The van der Waals surface area contributed by atoms with Crippen LogP contribution in [-0.2, 0) is 4.79 Å². The molecule has 0 saturated carbocycles. The number of alkyl halides is 1. The van der Waals surface area contributed by atoms with Crippen LogP contribution in [-0.4, -0.2) is 10.0 Å². The number of carbonyl (C=O) groups is 1. The van der Waals surface area contributed by atoms with Crippen molar-refractivity contribution in [2.75, 3.05) is 5.33 Å². The number of rotatable bonds is 7. The van der Waals surface area contributed by atoms with Crippen molar-refractivity contribution in [3.05, 3.63) is 0 Å². The third-order valence-electron chi connectivity index (χ3n) is 1.51. The van der Waals surface area contributed by atoms with E-state index in [4.69, 9.17) is 0 Å². The second kappa shape index (κ2) is 8.72. The highest BCUT2D eigenvalue weighted by Crippen LogP contribution is 2.07. The summed E-state index contributed by atoms with van der Waals surface area (Å²) in [4.78, 5) is 10.4. The number of carbonyl (C=O) groups excluding carboxylic acids is 1. The first-order valence-corrected chi connectivity index (χ1v) is 5.93. The van der Waals surface area contributed by atoms with Crippen LogP contribution in [0.2, 0.25) is 0 Å². The SMILES string of the molecule is O=C(Br)CCCCCCCBr. The second-order valence-corrected chi connectivity index (χ2v) is 4.24. The molecule has 1 nitrogen and oxygen atoms in total. The molecule has 0 aliphatic rings. The van der Waals surface area contributed by atoms with Gasteiger partial charge in [0, 0.05) is 11.8 Å². The van der Waals surface area contributed by atoms with Gasteiger partial charge in [-0.1, -0.05) is 35.2 Å². The summed E-state index contributed by atoms with van der Waals surface area (Å²) < 4.78 is 0.137. The average Bonchev–Trinajstić information content (AvgIpc) is 1.96. The molecule has 0 heterocycles. The van der Waals surface area contributed by atoms with E-state index in [2.05, 4.69) is 31.9 Å². The molecule has 66 valence electrons. The Kier molecular flexibility index (Phi) is 9.22. The van der Waals surface area contributed by atoms with Gasteiger partial charge in [-0.05, 0) is 28.8 Å². The van der Waals surface area contributed by atoms with Crippen LogP contribution in [0.4, 0.5) is 0 Å². The zero-order chi connectivity index (χ0) is 8.53. The smallest absolute Gasteiger partial charge is 0.197 e. The first-order chi connectivity index (χ1) is 5.27. The van der Waals surface area contributed by atoms with Crippen molar-refractivity contribution in [3.63, 3.8) is 0 Å². The molecule has 0 saturated heterocycles. The Labute approximate surface area is 85.2 Å². The van der Waals surface area contributed by atoms with Crippen LogP contribution < -0.4 is 0 Å². The van der Waals surface area contributed by atoms with E-state index in [9.17, 15) is 4.79 Å². The van der Waals surface area contributed by atoms with E-state index in [0.29, 0.717) is 6.42 Å². The largest absolute Gasteiger partial charge is 0.287 e. The standard InChI is InChI=1S/C8H14Br2O/c9-7-5-3-1-2-4-6-8(10)11/h1-7H2.